The Hall–Kier alpha value is -5.00. The number of nitrogens with two attached hydrogens (primary N) is 1. The zero-order valence-electron chi connectivity index (χ0n) is 24.6. The lowest BCUT2D eigenvalue weighted by atomic mass is 9.98. The van der Waals surface area contributed by atoms with Crippen molar-refractivity contribution in [3.8, 4) is 11.5 Å². The summed E-state index contributed by atoms with van der Waals surface area (Å²) < 4.78 is 58.0. The molecule has 12 heteroatoms. The smallest absolute Gasteiger partial charge is 0.490 e. The first-order chi connectivity index (χ1) is 20.8. The fraction of sp³-hybridized carbons (Fsp3) is 0.281. The van der Waals surface area contributed by atoms with E-state index in [2.05, 4.69) is 15.6 Å². The highest BCUT2D eigenvalue weighted by Gasteiger charge is 2.52. The molecular weight excluding hydrogens is 577 g/mol. The van der Waals surface area contributed by atoms with Crippen molar-refractivity contribution in [2.75, 3.05) is 17.7 Å². The molecule has 1 unspecified atom stereocenters. The predicted octanol–water partition coefficient (Wildman–Crippen LogP) is 6.00. The number of anilines is 2. The van der Waals surface area contributed by atoms with E-state index >= 15 is 0 Å². The molecule has 0 aliphatic heterocycles. The molecule has 0 aliphatic rings. The summed E-state index contributed by atoms with van der Waals surface area (Å²) in [5, 5.41) is 6.60. The quantitative estimate of drug-likeness (QED) is 0.140. The van der Waals surface area contributed by atoms with Crippen LogP contribution in [0.1, 0.15) is 37.5 Å². The van der Waals surface area contributed by atoms with E-state index in [0.29, 0.717) is 16.3 Å². The fourth-order valence-corrected chi connectivity index (χ4v) is 4.53. The molecule has 0 radical (unpaired) electrons. The number of aryl methyl sites for hydroxylation is 1. The van der Waals surface area contributed by atoms with Crippen LogP contribution in [-0.2, 0) is 26.6 Å². The first-order valence-corrected chi connectivity index (χ1v) is 13.8. The first kappa shape index (κ1) is 31.9. The van der Waals surface area contributed by atoms with E-state index in [0.717, 1.165) is 5.56 Å². The van der Waals surface area contributed by atoms with Gasteiger partial charge in [-0.3, -0.25) is 4.79 Å². The number of halogens is 3. The zero-order chi connectivity index (χ0) is 32.1. The Morgan fingerprint density at radius 1 is 1.00 bits per heavy atom. The van der Waals surface area contributed by atoms with Crippen LogP contribution < -0.4 is 25.8 Å². The summed E-state index contributed by atoms with van der Waals surface area (Å²) in [4.78, 5) is 30.7. The molecule has 0 aliphatic carbocycles. The van der Waals surface area contributed by atoms with Crippen LogP contribution in [0.4, 0.5) is 24.7 Å². The number of fused-ring (bicyclic) bond motifs is 1. The molecule has 3 aromatic carbocycles. The van der Waals surface area contributed by atoms with E-state index in [-0.39, 0.29) is 47.8 Å². The number of benzene rings is 3. The van der Waals surface area contributed by atoms with Crippen LogP contribution in [0.5, 0.6) is 11.5 Å². The molecule has 0 saturated heterocycles. The highest BCUT2D eigenvalue weighted by atomic mass is 19.4. The van der Waals surface area contributed by atoms with E-state index in [1.54, 1.807) is 51.1 Å². The van der Waals surface area contributed by atoms with Gasteiger partial charge in [0, 0.05) is 29.4 Å². The molecule has 232 valence electrons. The largest absolute Gasteiger partial charge is 0.491 e. The summed E-state index contributed by atoms with van der Waals surface area (Å²) in [6.07, 6.45) is -4.21. The van der Waals surface area contributed by atoms with Crippen LogP contribution >= 0.6 is 0 Å². The molecule has 9 nitrogen and oxygen atoms in total. The first-order valence-electron chi connectivity index (χ1n) is 13.8. The fourth-order valence-electron chi connectivity index (χ4n) is 4.53. The van der Waals surface area contributed by atoms with E-state index in [1.165, 1.54) is 30.5 Å². The summed E-state index contributed by atoms with van der Waals surface area (Å²) in [5.74, 6) is -2.98. The van der Waals surface area contributed by atoms with Gasteiger partial charge in [0.25, 0.3) is 11.6 Å². The number of nitrogens with zero attached hydrogens (tertiary/aromatic N) is 1. The number of amides is 1. The molecule has 4 rings (SSSR count). The number of hydrogen-bond donors (Lipinski definition) is 3. The number of nitrogens with one attached hydrogen (secondary N) is 2. The van der Waals surface area contributed by atoms with Gasteiger partial charge < -0.3 is 30.6 Å². The molecule has 0 bridgehead atoms. The Kier molecular flexibility index (Phi) is 9.51. The number of aromatic nitrogens is 1. The Bertz CT molecular complexity index is 1660. The van der Waals surface area contributed by atoms with Crippen molar-refractivity contribution in [1.29, 1.82) is 0 Å². The van der Waals surface area contributed by atoms with Gasteiger partial charge >= 0.3 is 12.1 Å². The maximum absolute atomic E-state index is 14.1. The van der Waals surface area contributed by atoms with Gasteiger partial charge in [0.15, 0.2) is 11.5 Å². The van der Waals surface area contributed by atoms with Gasteiger partial charge in [-0.15, -0.1) is 0 Å². The lowest BCUT2D eigenvalue weighted by Crippen LogP contribution is -2.54. The topological polar surface area (TPSA) is 125 Å². The maximum Gasteiger partial charge on any atom is 0.491 e. The van der Waals surface area contributed by atoms with E-state index in [4.69, 9.17) is 19.9 Å². The molecule has 1 heterocycles. The second kappa shape index (κ2) is 13.1. The molecule has 1 aromatic heterocycles. The minimum absolute atomic E-state index is 0.0642. The van der Waals surface area contributed by atoms with Crippen molar-refractivity contribution < 1.29 is 37.0 Å². The van der Waals surface area contributed by atoms with Crippen molar-refractivity contribution >= 4 is 34.2 Å². The third-order valence-corrected chi connectivity index (χ3v) is 6.63. The van der Waals surface area contributed by atoms with Crippen molar-refractivity contribution in [2.24, 2.45) is 0 Å². The normalized spacial score (nSPS) is 12.8. The highest BCUT2D eigenvalue weighted by molar-refractivity contribution is 5.95. The van der Waals surface area contributed by atoms with Crippen molar-refractivity contribution in [3.05, 3.63) is 89.6 Å². The number of carbonyl (C=O) groups is 2. The van der Waals surface area contributed by atoms with Gasteiger partial charge in [-0.2, -0.15) is 13.2 Å². The van der Waals surface area contributed by atoms with Gasteiger partial charge in [0.05, 0.1) is 12.7 Å². The molecule has 1 amide bonds. The minimum Gasteiger partial charge on any atom is -0.490 e. The second-order valence-electron chi connectivity index (χ2n) is 10.2. The Morgan fingerprint density at radius 3 is 2.43 bits per heavy atom. The van der Waals surface area contributed by atoms with Crippen molar-refractivity contribution in [3.63, 3.8) is 0 Å². The SMILES string of the molecule is CCOc1cc(C(Nc2ccc3c(N)nccc3c2)(OC(=O)C(F)(F)F)C(=O)NCc2ccccc2C)ccc1OC(C)C. The highest BCUT2D eigenvalue weighted by Crippen LogP contribution is 2.38. The molecule has 1 atom stereocenters. The standard InChI is InChI=1S/C32H33F3N4O5/c1-5-42-27-17-23(10-13-26(27)43-19(2)3)31(44-30(41)32(33,34)35,29(40)38-18-22-9-7-6-8-20(22)4)39-24-11-12-25-21(16-24)14-15-37-28(25)36/h6-17,19,39H,5,18H2,1-4H3,(H2,36,37)(H,38,40). The van der Waals surface area contributed by atoms with E-state index in [9.17, 15) is 22.8 Å². The van der Waals surface area contributed by atoms with Crippen LogP contribution in [0.3, 0.4) is 0 Å². The van der Waals surface area contributed by atoms with Crippen LogP contribution in [-0.4, -0.2) is 35.7 Å². The number of esters is 1. The third kappa shape index (κ3) is 7.13. The molecule has 4 N–H and O–H groups in total. The number of alkyl halides is 3. The number of pyridine rings is 1. The average Bonchev–Trinajstić information content (AvgIpc) is 2.96. The van der Waals surface area contributed by atoms with Gasteiger partial charge in [-0.25, -0.2) is 9.78 Å². The molecule has 0 spiro atoms. The lowest BCUT2D eigenvalue weighted by molar-refractivity contribution is -0.213. The monoisotopic (exact) mass is 610 g/mol. The molecule has 0 fully saturated rings. The molecule has 0 saturated carbocycles. The minimum atomic E-state index is -5.42. The van der Waals surface area contributed by atoms with Crippen molar-refractivity contribution in [2.45, 2.75) is 52.2 Å². The summed E-state index contributed by atoms with van der Waals surface area (Å²) >= 11 is 0. The van der Waals surface area contributed by atoms with Crippen LogP contribution in [0.2, 0.25) is 0 Å². The number of hydrogen-bond acceptors (Lipinski definition) is 8. The maximum atomic E-state index is 14.1. The van der Waals surface area contributed by atoms with Crippen molar-refractivity contribution in [1.82, 2.24) is 10.3 Å². The Labute approximate surface area is 252 Å². The van der Waals surface area contributed by atoms with Gasteiger partial charge in [0.2, 0.25) is 0 Å². The van der Waals surface area contributed by atoms with Crippen LogP contribution in [0, 0.1) is 6.92 Å². The number of ether oxygens (including phenoxy) is 3. The summed E-state index contributed by atoms with van der Waals surface area (Å²) in [6, 6.07) is 17.5. The predicted molar refractivity (Wildman–Crippen MR) is 160 cm³/mol. The molecular formula is C32H33F3N4O5. The molecule has 44 heavy (non-hydrogen) atoms. The summed E-state index contributed by atoms with van der Waals surface area (Å²) in [7, 11) is 0. The van der Waals surface area contributed by atoms with E-state index in [1.807, 2.05) is 19.1 Å². The Morgan fingerprint density at radius 2 is 1.75 bits per heavy atom. The summed E-state index contributed by atoms with van der Waals surface area (Å²) in [5.41, 5.74) is 4.81. The third-order valence-electron chi connectivity index (χ3n) is 6.63. The number of rotatable bonds is 11. The number of carbonyl (C=O) groups excluding carboxylic acids is 2. The van der Waals surface area contributed by atoms with Crippen LogP contribution in [0.25, 0.3) is 10.8 Å². The van der Waals surface area contributed by atoms with Gasteiger partial charge in [-0.05, 0) is 86.7 Å². The second-order valence-corrected chi connectivity index (χ2v) is 10.2. The molecule has 4 aromatic rings. The van der Waals surface area contributed by atoms with Gasteiger partial charge in [-0.1, -0.05) is 24.3 Å². The summed E-state index contributed by atoms with van der Waals surface area (Å²) in [6.45, 7) is 7.24. The van der Waals surface area contributed by atoms with Crippen LogP contribution in [0.15, 0.2) is 72.9 Å². The van der Waals surface area contributed by atoms with E-state index < -0.39 is 23.8 Å². The zero-order valence-corrected chi connectivity index (χ0v) is 24.6. The Balaban J connectivity index is 1.91. The number of nitrogen functional groups attached to an aromatic ring is 1. The van der Waals surface area contributed by atoms with Gasteiger partial charge in [0.1, 0.15) is 5.82 Å². The lowest BCUT2D eigenvalue weighted by Gasteiger charge is -2.35. The average molecular weight is 611 g/mol.